The Morgan fingerprint density at radius 3 is 2.19 bits per heavy atom. The van der Waals surface area contributed by atoms with E-state index in [0.717, 1.165) is 22.5 Å². The van der Waals surface area contributed by atoms with E-state index in [-0.39, 0.29) is 24.9 Å². The topological polar surface area (TPSA) is 84.9 Å². The number of hydrogen-bond donors (Lipinski definition) is 1. The molecule has 3 atom stereocenters. The number of carbonyl (C=O) groups is 3. The fraction of sp³-hybridized carbons (Fsp3) is 0.367. The van der Waals surface area contributed by atoms with Crippen LogP contribution in [0.5, 0.6) is 0 Å². The largest absolute Gasteiger partial charge is 0.465 e. The third-order valence-corrected chi connectivity index (χ3v) is 7.03. The van der Waals surface area contributed by atoms with Crippen LogP contribution in [-0.2, 0) is 23.9 Å². The Hall–Kier alpha value is -3.87. The predicted octanol–water partition coefficient (Wildman–Crippen LogP) is 4.47. The standard InChI is InChI=1S/C30H34N2O5/c1-6-36-29(34)24-18(3)31-23-17-22(19-11-9-8-10-12-19)26(30(35)37-7-2)28(33)27(23)25(24)20-13-15-21(16-14-20)32(4)5/h8-16,22,25-26,31H,6-7,17H2,1-5H3. The van der Waals surface area contributed by atoms with E-state index in [1.165, 1.54) is 0 Å². The van der Waals surface area contributed by atoms with Gasteiger partial charge in [0, 0.05) is 48.6 Å². The second kappa shape index (κ2) is 11.0. The van der Waals surface area contributed by atoms with Crippen molar-refractivity contribution in [3.8, 4) is 0 Å². The summed E-state index contributed by atoms with van der Waals surface area (Å²) in [4.78, 5) is 42.7. The smallest absolute Gasteiger partial charge is 0.336 e. The summed E-state index contributed by atoms with van der Waals surface area (Å²) in [7, 11) is 3.90. The minimum Gasteiger partial charge on any atom is -0.465 e. The molecule has 0 saturated heterocycles. The number of dihydropyridines is 1. The van der Waals surface area contributed by atoms with Gasteiger partial charge in [0.05, 0.1) is 18.8 Å². The molecule has 4 rings (SSSR count). The van der Waals surface area contributed by atoms with E-state index in [9.17, 15) is 14.4 Å². The molecule has 2 aromatic rings. The highest BCUT2D eigenvalue weighted by molar-refractivity contribution is 6.13. The van der Waals surface area contributed by atoms with Crippen molar-refractivity contribution in [2.75, 3.05) is 32.2 Å². The molecule has 7 nitrogen and oxygen atoms in total. The number of ether oxygens (including phenoxy) is 2. The molecule has 1 heterocycles. The lowest BCUT2D eigenvalue weighted by molar-refractivity contribution is -0.152. The number of anilines is 1. The van der Waals surface area contributed by atoms with Crippen LogP contribution in [0.15, 0.2) is 77.1 Å². The van der Waals surface area contributed by atoms with Gasteiger partial charge in [-0.2, -0.15) is 0 Å². The SMILES string of the molecule is CCOC(=O)C1=C(C)NC2=C(C(=O)C(C(=O)OCC)C(c3ccccc3)C2)C1c1ccc(N(C)C)cc1. The number of allylic oxidation sites excluding steroid dienone is 3. The Bertz CT molecular complexity index is 1240. The highest BCUT2D eigenvalue weighted by Gasteiger charge is 2.49. The maximum absolute atomic E-state index is 14.3. The van der Waals surface area contributed by atoms with Gasteiger partial charge in [-0.3, -0.25) is 9.59 Å². The number of Topliss-reactive ketones (excluding diaryl/α,β-unsaturated/α-hetero) is 1. The monoisotopic (exact) mass is 502 g/mol. The molecule has 0 saturated carbocycles. The second-order valence-corrected chi connectivity index (χ2v) is 9.51. The number of benzene rings is 2. The van der Waals surface area contributed by atoms with Crippen molar-refractivity contribution < 1.29 is 23.9 Å². The maximum atomic E-state index is 14.3. The number of nitrogens with one attached hydrogen (secondary N) is 1. The summed E-state index contributed by atoms with van der Waals surface area (Å²) in [6, 6.07) is 17.3. The van der Waals surface area contributed by atoms with Gasteiger partial charge >= 0.3 is 11.9 Å². The zero-order chi connectivity index (χ0) is 26.7. The van der Waals surface area contributed by atoms with Crippen molar-refractivity contribution in [1.29, 1.82) is 0 Å². The van der Waals surface area contributed by atoms with E-state index in [1.54, 1.807) is 13.8 Å². The third kappa shape index (κ3) is 5.03. The van der Waals surface area contributed by atoms with Gasteiger partial charge < -0.3 is 19.7 Å². The first-order valence-corrected chi connectivity index (χ1v) is 12.7. The molecule has 194 valence electrons. The summed E-state index contributed by atoms with van der Waals surface area (Å²) in [5.74, 6) is -3.39. The molecule has 0 amide bonds. The van der Waals surface area contributed by atoms with Crippen LogP contribution in [0.1, 0.15) is 50.2 Å². The lowest BCUT2D eigenvalue weighted by Gasteiger charge is -2.39. The highest BCUT2D eigenvalue weighted by atomic mass is 16.5. The van der Waals surface area contributed by atoms with Crippen LogP contribution in [0.2, 0.25) is 0 Å². The Labute approximate surface area is 218 Å². The van der Waals surface area contributed by atoms with Crippen LogP contribution in [-0.4, -0.2) is 45.0 Å². The van der Waals surface area contributed by atoms with Crippen LogP contribution >= 0.6 is 0 Å². The molecule has 7 heteroatoms. The zero-order valence-corrected chi connectivity index (χ0v) is 22.0. The summed E-state index contributed by atoms with van der Waals surface area (Å²) < 4.78 is 10.8. The number of ketones is 1. The molecule has 0 aromatic heterocycles. The van der Waals surface area contributed by atoms with Crippen LogP contribution in [0.4, 0.5) is 5.69 Å². The summed E-state index contributed by atoms with van der Waals surface area (Å²) in [5, 5.41) is 3.34. The van der Waals surface area contributed by atoms with E-state index in [0.29, 0.717) is 23.3 Å². The predicted molar refractivity (Wildman–Crippen MR) is 142 cm³/mol. The first-order valence-electron chi connectivity index (χ1n) is 12.7. The number of rotatable bonds is 7. The fourth-order valence-corrected chi connectivity index (χ4v) is 5.33. The molecular formula is C30H34N2O5. The minimum atomic E-state index is -1.01. The van der Waals surface area contributed by atoms with Gasteiger partial charge in [0.25, 0.3) is 0 Å². The van der Waals surface area contributed by atoms with E-state index in [1.807, 2.05) is 80.5 Å². The molecule has 0 bridgehead atoms. The molecule has 1 aliphatic carbocycles. The van der Waals surface area contributed by atoms with Crippen molar-refractivity contribution >= 4 is 23.4 Å². The quantitative estimate of drug-likeness (QED) is 0.442. The molecule has 1 aliphatic heterocycles. The van der Waals surface area contributed by atoms with Crippen LogP contribution < -0.4 is 10.2 Å². The molecule has 0 spiro atoms. The summed E-state index contributed by atoms with van der Waals surface area (Å²) in [6.07, 6.45) is 0.439. The summed E-state index contributed by atoms with van der Waals surface area (Å²) in [5.41, 5.74) is 4.86. The number of nitrogens with zero attached hydrogens (tertiary/aromatic N) is 1. The molecule has 0 fully saturated rings. The van der Waals surface area contributed by atoms with Crippen molar-refractivity contribution in [3.63, 3.8) is 0 Å². The minimum absolute atomic E-state index is 0.177. The van der Waals surface area contributed by atoms with Crippen molar-refractivity contribution in [2.45, 2.75) is 39.0 Å². The fourth-order valence-electron chi connectivity index (χ4n) is 5.33. The number of esters is 2. The summed E-state index contributed by atoms with van der Waals surface area (Å²) in [6.45, 7) is 5.70. The average Bonchev–Trinajstić information content (AvgIpc) is 2.88. The van der Waals surface area contributed by atoms with Crippen molar-refractivity contribution in [1.82, 2.24) is 5.32 Å². The van der Waals surface area contributed by atoms with Gasteiger partial charge in [-0.05, 0) is 50.5 Å². The van der Waals surface area contributed by atoms with Gasteiger partial charge in [-0.25, -0.2) is 4.79 Å². The lowest BCUT2D eigenvalue weighted by atomic mass is 9.67. The van der Waals surface area contributed by atoms with Crippen molar-refractivity contribution in [3.05, 3.63) is 88.3 Å². The normalized spacial score (nSPS) is 21.2. The maximum Gasteiger partial charge on any atom is 0.336 e. The van der Waals surface area contributed by atoms with Gasteiger partial charge in [-0.1, -0.05) is 42.5 Å². The molecule has 37 heavy (non-hydrogen) atoms. The van der Waals surface area contributed by atoms with Gasteiger partial charge in [0.1, 0.15) is 5.92 Å². The Morgan fingerprint density at radius 2 is 1.59 bits per heavy atom. The number of carbonyl (C=O) groups excluding carboxylic acids is 3. The first-order chi connectivity index (χ1) is 17.8. The van der Waals surface area contributed by atoms with Crippen LogP contribution in [0.25, 0.3) is 0 Å². The van der Waals surface area contributed by atoms with Gasteiger partial charge in [0.2, 0.25) is 0 Å². The average molecular weight is 503 g/mol. The third-order valence-electron chi connectivity index (χ3n) is 7.03. The van der Waals surface area contributed by atoms with E-state index in [2.05, 4.69) is 5.32 Å². The molecule has 0 radical (unpaired) electrons. The van der Waals surface area contributed by atoms with Crippen LogP contribution in [0.3, 0.4) is 0 Å². The Kier molecular flexibility index (Phi) is 7.81. The van der Waals surface area contributed by atoms with Gasteiger partial charge in [0.15, 0.2) is 5.78 Å². The number of hydrogen-bond acceptors (Lipinski definition) is 7. The molecular weight excluding hydrogens is 468 g/mol. The first kappa shape index (κ1) is 26.2. The molecule has 2 aliphatic rings. The van der Waals surface area contributed by atoms with E-state index >= 15 is 0 Å². The van der Waals surface area contributed by atoms with E-state index in [4.69, 9.17) is 9.47 Å². The zero-order valence-electron chi connectivity index (χ0n) is 22.0. The van der Waals surface area contributed by atoms with Gasteiger partial charge in [-0.15, -0.1) is 0 Å². The lowest BCUT2D eigenvalue weighted by Crippen LogP contribution is -2.43. The Balaban J connectivity index is 1.88. The molecule has 3 unspecified atom stereocenters. The highest BCUT2D eigenvalue weighted by Crippen LogP contribution is 2.48. The molecule has 1 N–H and O–H groups in total. The van der Waals surface area contributed by atoms with Crippen molar-refractivity contribution in [2.24, 2.45) is 5.92 Å². The molecule has 2 aromatic carbocycles. The van der Waals surface area contributed by atoms with E-state index < -0.39 is 23.8 Å². The Morgan fingerprint density at radius 1 is 0.946 bits per heavy atom. The second-order valence-electron chi connectivity index (χ2n) is 9.51. The summed E-state index contributed by atoms with van der Waals surface area (Å²) >= 11 is 0. The van der Waals surface area contributed by atoms with Crippen LogP contribution in [0, 0.1) is 5.92 Å².